The summed E-state index contributed by atoms with van der Waals surface area (Å²) in [4.78, 5) is 17.4. The summed E-state index contributed by atoms with van der Waals surface area (Å²) in [7, 11) is 0. The summed E-state index contributed by atoms with van der Waals surface area (Å²) < 4.78 is 2.24. The van der Waals surface area contributed by atoms with Gasteiger partial charge in [0.25, 0.3) is 5.56 Å². The third-order valence-corrected chi connectivity index (χ3v) is 3.96. The van der Waals surface area contributed by atoms with Gasteiger partial charge in [0, 0.05) is 10.4 Å². The van der Waals surface area contributed by atoms with Crippen molar-refractivity contribution in [2.24, 2.45) is 5.10 Å². The summed E-state index contributed by atoms with van der Waals surface area (Å²) in [5.41, 5.74) is 1.46. The number of fused-ring (bicyclic) bond motifs is 1. The molecular weight excluding hydrogens is 354 g/mol. The van der Waals surface area contributed by atoms with Gasteiger partial charge >= 0.3 is 0 Å². The van der Waals surface area contributed by atoms with Crippen LogP contribution in [-0.4, -0.2) is 15.9 Å². The Hall–Kier alpha value is -2.27. The molecule has 0 aliphatic rings. The summed E-state index contributed by atoms with van der Waals surface area (Å²) in [6, 6.07) is 15.2. The first-order valence-corrected chi connectivity index (χ1v) is 8.17. The van der Waals surface area contributed by atoms with Gasteiger partial charge in [0.15, 0.2) is 0 Å². The van der Waals surface area contributed by atoms with Crippen LogP contribution in [0, 0.1) is 0 Å². The molecule has 0 aliphatic carbocycles. The monoisotopic (exact) mass is 369 g/mol. The van der Waals surface area contributed by atoms with Gasteiger partial charge < -0.3 is 0 Å². The Morgan fingerprint density at radius 1 is 1.17 bits per heavy atom. The third-order valence-electron chi connectivity index (χ3n) is 3.47. The van der Waals surface area contributed by atoms with E-state index in [4.69, 9.17) is 0 Å². The summed E-state index contributed by atoms with van der Waals surface area (Å²) in [5, 5.41) is 4.93. The van der Waals surface area contributed by atoms with Crippen molar-refractivity contribution >= 4 is 33.0 Å². The van der Waals surface area contributed by atoms with Crippen molar-refractivity contribution in [1.29, 1.82) is 0 Å². The number of hydrogen-bond acceptors (Lipinski definition) is 3. The van der Waals surface area contributed by atoms with E-state index in [1.165, 1.54) is 4.68 Å². The molecule has 0 amide bonds. The zero-order valence-corrected chi connectivity index (χ0v) is 14.5. The van der Waals surface area contributed by atoms with Crippen LogP contribution in [0.5, 0.6) is 0 Å². The lowest BCUT2D eigenvalue weighted by atomic mass is 10.2. The van der Waals surface area contributed by atoms with Gasteiger partial charge in [-0.25, -0.2) is 4.98 Å². The van der Waals surface area contributed by atoms with E-state index >= 15 is 0 Å². The lowest BCUT2D eigenvalue weighted by Crippen LogP contribution is -2.23. The molecule has 0 bridgehead atoms. The van der Waals surface area contributed by atoms with Gasteiger partial charge in [-0.05, 0) is 23.8 Å². The molecule has 0 atom stereocenters. The Morgan fingerprint density at radius 3 is 2.61 bits per heavy atom. The molecule has 1 aromatic heterocycles. The van der Waals surface area contributed by atoms with Crippen LogP contribution in [0.4, 0.5) is 0 Å². The molecule has 5 heteroatoms. The van der Waals surface area contributed by atoms with E-state index < -0.39 is 0 Å². The molecule has 4 nitrogen and oxygen atoms in total. The second-order valence-corrected chi connectivity index (χ2v) is 6.47. The first kappa shape index (κ1) is 15.6. The van der Waals surface area contributed by atoms with E-state index in [0.29, 0.717) is 16.7 Å². The van der Waals surface area contributed by atoms with Crippen LogP contribution in [-0.2, 0) is 0 Å². The van der Waals surface area contributed by atoms with Crippen molar-refractivity contribution < 1.29 is 0 Å². The normalized spacial score (nSPS) is 11.7. The van der Waals surface area contributed by atoms with Crippen molar-refractivity contribution in [3.05, 3.63) is 74.7 Å². The number of nitrogens with zero attached hydrogens (tertiary/aromatic N) is 3. The van der Waals surface area contributed by atoms with Crippen LogP contribution in [0.2, 0.25) is 0 Å². The van der Waals surface area contributed by atoms with E-state index in [-0.39, 0.29) is 11.5 Å². The second kappa shape index (κ2) is 6.46. The highest BCUT2D eigenvalue weighted by molar-refractivity contribution is 9.10. The van der Waals surface area contributed by atoms with Crippen LogP contribution in [0.15, 0.2) is 62.9 Å². The Bertz CT molecular complexity index is 930. The maximum Gasteiger partial charge on any atom is 0.282 e. The van der Waals surface area contributed by atoms with E-state index in [9.17, 15) is 4.79 Å². The molecule has 0 saturated heterocycles. The van der Waals surface area contributed by atoms with Crippen LogP contribution in [0.3, 0.4) is 0 Å². The molecule has 0 saturated carbocycles. The Labute approximate surface area is 142 Å². The molecule has 0 N–H and O–H groups in total. The van der Waals surface area contributed by atoms with Crippen molar-refractivity contribution in [1.82, 2.24) is 9.66 Å². The maximum absolute atomic E-state index is 12.8. The highest BCUT2D eigenvalue weighted by atomic mass is 79.9. The fraction of sp³-hybridized carbons (Fsp3) is 0.167. The molecule has 116 valence electrons. The van der Waals surface area contributed by atoms with E-state index in [1.807, 2.05) is 56.3 Å². The Balaban J connectivity index is 2.21. The first-order chi connectivity index (χ1) is 11.1. The number of hydrogen-bond donors (Lipinski definition) is 0. The third kappa shape index (κ3) is 3.24. The SMILES string of the molecule is CC(C)c1nc2ccc(Br)cc2c(=O)n1N=Cc1ccccc1. The molecule has 2 aromatic carbocycles. The maximum atomic E-state index is 12.8. The molecule has 0 unspecified atom stereocenters. The van der Waals surface area contributed by atoms with Gasteiger partial charge in [-0.2, -0.15) is 9.78 Å². The van der Waals surface area contributed by atoms with Crippen molar-refractivity contribution in [3.8, 4) is 0 Å². The molecule has 23 heavy (non-hydrogen) atoms. The minimum atomic E-state index is -0.160. The highest BCUT2D eigenvalue weighted by Gasteiger charge is 2.13. The van der Waals surface area contributed by atoms with E-state index in [0.717, 1.165) is 10.0 Å². The van der Waals surface area contributed by atoms with Gasteiger partial charge in [-0.3, -0.25) is 4.79 Å². The average molecular weight is 370 g/mol. The Kier molecular flexibility index (Phi) is 4.39. The van der Waals surface area contributed by atoms with Crippen LogP contribution in [0.1, 0.15) is 31.2 Å². The first-order valence-electron chi connectivity index (χ1n) is 7.38. The fourth-order valence-electron chi connectivity index (χ4n) is 2.31. The molecular formula is C18H16BrN3O. The molecule has 0 radical (unpaired) electrons. The molecule has 0 aliphatic heterocycles. The Morgan fingerprint density at radius 2 is 1.91 bits per heavy atom. The predicted octanol–water partition coefficient (Wildman–Crippen LogP) is 4.16. The minimum absolute atomic E-state index is 0.0867. The highest BCUT2D eigenvalue weighted by Crippen LogP contribution is 2.18. The van der Waals surface area contributed by atoms with Gasteiger partial charge in [0.05, 0.1) is 17.1 Å². The van der Waals surface area contributed by atoms with Crippen molar-refractivity contribution in [2.75, 3.05) is 0 Å². The second-order valence-electron chi connectivity index (χ2n) is 5.56. The minimum Gasteiger partial charge on any atom is -0.267 e. The van der Waals surface area contributed by atoms with Crippen LogP contribution in [0.25, 0.3) is 10.9 Å². The van der Waals surface area contributed by atoms with Crippen molar-refractivity contribution in [2.45, 2.75) is 19.8 Å². The van der Waals surface area contributed by atoms with E-state index in [1.54, 1.807) is 12.3 Å². The number of benzene rings is 2. The zero-order chi connectivity index (χ0) is 16.4. The van der Waals surface area contributed by atoms with Crippen molar-refractivity contribution in [3.63, 3.8) is 0 Å². The molecule has 3 rings (SSSR count). The van der Waals surface area contributed by atoms with Gasteiger partial charge in [0.1, 0.15) is 5.82 Å². The predicted molar refractivity (Wildman–Crippen MR) is 97.2 cm³/mol. The lowest BCUT2D eigenvalue weighted by molar-refractivity contribution is 0.665. The summed E-state index contributed by atoms with van der Waals surface area (Å²) in [6.07, 6.45) is 1.68. The standard InChI is InChI=1S/C18H16BrN3O/c1-12(2)17-21-16-9-8-14(19)10-15(16)18(23)22(17)20-11-13-6-4-3-5-7-13/h3-12H,1-2H3. The number of halogens is 1. The van der Waals surface area contributed by atoms with Gasteiger partial charge in [-0.15, -0.1) is 0 Å². The number of aromatic nitrogens is 2. The average Bonchev–Trinajstić information content (AvgIpc) is 2.55. The number of rotatable bonds is 3. The van der Waals surface area contributed by atoms with Crippen LogP contribution >= 0.6 is 15.9 Å². The lowest BCUT2D eigenvalue weighted by Gasteiger charge is -2.11. The van der Waals surface area contributed by atoms with E-state index in [2.05, 4.69) is 26.0 Å². The molecule has 1 heterocycles. The van der Waals surface area contributed by atoms with Crippen LogP contribution < -0.4 is 5.56 Å². The largest absolute Gasteiger partial charge is 0.282 e. The quantitative estimate of drug-likeness (QED) is 0.650. The topological polar surface area (TPSA) is 47.2 Å². The molecule has 0 fully saturated rings. The van der Waals surface area contributed by atoms with Gasteiger partial charge in [-0.1, -0.05) is 60.1 Å². The molecule has 3 aromatic rings. The summed E-state index contributed by atoms with van der Waals surface area (Å²) in [6.45, 7) is 4.00. The van der Waals surface area contributed by atoms with Gasteiger partial charge in [0.2, 0.25) is 0 Å². The zero-order valence-electron chi connectivity index (χ0n) is 12.9. The summed E-state index contributed by atoms with van der Waals surface area (Å²) in [5.74, 6) is 0.737. The smallest absolute Gasteiger partial charge is 0.267 e. The molecule has 0 spiro atoms. The summed E-state index contributed by atoms with van der Waals surface area (Å²) >= 11 is 3.40. The fourth-order valence-corrected chi connectivity index (χ4v) is 2.68.